The van der Waals surface area contributed by atoms with E-state index in [0.717, 1.165) is 12.8 Å². The maximum atomic E-state index is 12.0. The first-order chi connectivity index (χ1) is 9.19. The molecule has 1 amide bonds. The SMILES string of the molecule is CC(CC(=O)O)OC[C@@H]1CCCN1C(=O)OC(C)(C)C. The predicted molar refractivity (Wildman–Crippen MR) is 73.6 cm³/mol. The maximum Gasteiger partial charge on any atom is 0.410 e. The number of aliphatic carboxylic acids is 1. The van der Waals surface area contributed by atoms with Crippen molar-refractivity contribution in [3.63, 3.8) is 0 Å². The largest absolute Gasteiger partial charge is 0.481 e. The van der Waals surface area contributed by atoms with Crippen LogP contribution in [0.25, 0.3) is 0 Å². The van der Waals surface area contributed by atoms with Gasteiger partial charge in [0.15, 0.2) is 0 Å². The molecule has 0 aromatic rings. The van der Waals surface area contributed by atoms with Crippen molar-refractivity contribution >= 4 is 12.1 Å². The molecule has 0 bridgehead atoms. The lowest BCUT2D eigenvalue weighted by Gasteiger charge is -2.29. The third kappa shape index (κ3) is 5.77. The van der Waals surface area contributed by atoms with Gasteiger partial charge in [0.1, 0.15) is 5.60 Å². The van der Waals surface area contributed by atoms with Gasteiger partial charge < -0.3 is 19.5 Å². The van der Waals surface area contributed by atoms with Crippen LogP contribution in [-0.4, -0.2) is 53.0 Å². The van der Waals surface area contributed by atoms with E-state index in [1.807, 2.05) is 20.8 Å². The summed E-state index contributed by atoms with van der Waals surface area (Å²) >= 11 is 0. The van der Waals surface area contributed by atoms with Gasteiger partial charge in [-0.1, -0.05) is 0 Å². The molecule has 0 aromatic heterocycles. The van der Waals surface area contributed by atoms with Gasteiger partial charge in [-0.05, 0) is 40.5 Å². The fourth-order valence-corrected chi connectivity index (χ4v) is 2.15. The molecule has 1 rings (SSSR count). The zero-order chi connectivity index (χ0) is 15.3. The second kappa shape index (κ2) is 6.92. The number of hydrogen-bond donors (Lipinski definition) is 1. The quantitative estimate of drug-likeness (QED) is 0.839. The molecule has 0 radical (unpaired) electrons. The Hall–Kier alpha value is -1.30. The third-order valence-electron chi connectivity index (χ3n) is 3.04. The molecule has 1 heterocycles. The Balaban J connectivity index is 2.45. The lowest BCUT2D eigenvalue weighted by molar-refractivity contribution is -0.140. The Morgan fingerprint density at radius 2 is 2.05 bits per heavy atom. The van der Waals surface area contributed by atoms with Gasteiger partial charge in [-0.15, -0.1) is 0 Å². The monoisotopic (exact) mass is 287 g/mol. The van der Waals surface area contributed by atoms with E-state index in [1.54, 1.807) is 11.8 Å². The van der Waals surface area contributed by atoms with E-state index in [4.69, 9.17) is 14.6 Å². The van der Waals surface area contributed by atoms with E-state index in [2.05, 4.69) is 0 Å². The summed E-state index contributed by atoms with van der Waals surface area (Å²) in [6.45, 7) is 8.25. The van der Waals surface area contributed by atoms with E-state index < -0.39 is 11.6 Å². The summed E-state index contributed by atoms with van der Waals surface area (Å²) in [6.07, 6.45) is 1.07. The van der Waals surface area contributed by atoms with Gasteiger partial charge in [0.2, 0.25) is 0 Å². The van der Waals surface area contributed by atoms with Crippen LogP contribution in [0.15, 0.2) is 0 Å². The van der Waals surface area contributed by atoms with Crippen molar-refractivity contribution in [1.82, 2.24) is 4.90 Å². The van der Waals surface area contributed by atoms with E-state index in [9.17, 15) is 9.59 Å². The van der Waals surface area contributed by atoms with Crippen molar-refractivity contribution in [2.75, 3.05) is 13.2 Å². The number of rotatable bonds is 5. The average molecular weight is 287 g/mol. The zero-order valence-electron chi connectivity index (χ0n) is 12.7. The van der Waals surface area contributed by atoms with Gasteiger partial charge in [-0.25, -0.2) is 4.79 Å². The molecule has 6 nitrogen and oxygen atoms in total. The molecule has 0 saturated carbocycles. The van der Waals surface area contributed by atoms with Crippen LogP contribution in [0.2, 0.25) is 0 Å². The van der Waals surface area contributed by atoms with Crippen molar-refractivity contribution in [3.8, 4) is 0 Å². The van der Waals surface area contributed by atoms with Crippen molar-refractivity contribution in [2.24, 2.45) is 0 Å². The second-order valence-corrected chi connectivity index (χ2v) is 6.21. The van der Waals surface area contributed by atoms with Gasteiger partial charge in [0, 0.05) is 6.54 Å². The Labute approximate surface area is 120 Å². The molecule has 116 valence electrons. The summed E-state index contributed by atoms with van der Waals surface area (Å²) < 4.78 is 10.9. The Bertz CT molecular complexity index is 350. The van der Waals surface area contributed by atoms with Gasteiger partial charge >= 0.3 is 12.1 Å². The minimum atomic E-state index is -0.882. The minimum Gasteiger partial charge on any atom is -0.481 e. The van der Waals surface area contributed by atoms with Crippen molar-refractivity contribution in [1.29, 1.82) is 0 Å². The zero-order valence-corrected chi connectivity index (χ0v) is 12.7. The lowest BCUT2D eigenvalue weighted by Crippen LogP contribution is -2.42. The number of ether oxygens (including phenoxy) is 2. The summed E-state index contributed by atoms with van der Waals surface area (Å²) in [5.74, 6) is -0.882. The highest BCUT2D eigenvalue weighted by molar-refractivity contribution is 5.69. The highest BCUT2D eigenvalue weighted by atomic mass is 16.6. The molecule has 1 saturated heterocycles. The molecular weight excluding hydrogens is 262 g/mol. The summed E-state index contributed by atoms with van der Waals surface area (Å²) in [4.78, 5) is 24.3. The van der Waals surface area contributed by atoms with E-state index >= 15 is 0 Å². The van der Waals surface area contributed by atoms with Crippen molar-refractivity contribution < 1.29 is 24.2 Å². The van der Waals surface area contributed by atoms with Crippen LogP contribution < -0.4 is 0 Å². The number of carboxylic acid groups (broad SMARTS) is 1. The average Bonchev–Trinajstić information content (AvgIpc) is 2.71. The van der Waals surface area contributed by atoms with Crippen LogP contribution in [0.1, 0.15) is 47.0 Å². The van der Waals surface area contributed by atoms with Crippen LogP contribution >= 0.6 is 0 Å². The summed E-state index contributed by atoms with van der Waals surface area (Å²) in [6, 6.07) is -0.0268. The number of nitrogens with zero attached hydrogens (tertiary/aromatic N) is 1. The normalized spacial score (nSPS) is 20.8. The first kappa shape index (κ1) is 16.8. The molecule has 2 atom stereocenters. The maximum absolute atomic E-state index is 12.0. The Morgan fingerprint density at radius 1 is 1.40 bits per heavy atom. The van der Waals surface area contributed by atoms with Crippen LogP contribution in [-0.2, 0) is 14.3 Å². The van der Waals surface area contributed by atoms with E-state index in [1.165, 1.54) is 0 Å². The Kier molecular flexibility index (Phi) is 5.80. The van der Waals surface area contributed by atoms with Crippen LogP contribution in [0.3, 0.4) is 0 Å². The van der Waals surface area contributed by atoms with Crippen molar-refractivity contribution in [3.05, 3.63) is 0 Å². The first-order valence-corrected chi connectivity index (χ1v) is 7.02. The summed E-state index contributed by atoms with van der Waals surface area (Å²) in [5.41, 5.74) is -0.512. The number of likely N-dealkylation sites (tertiary alicyclic amines) is 1. The molecule has 0 spiro atoms. The van der Waals surface area contributed by atoms with Gasteiger partial charge in [-0.3, -0.25) is 4.79 Å². The highest BCUT2D eigenvalue weighted by Gasteiger charge is 2.32. The van der Waals surface area contributed by atoms with Crippen LogP contribution in [0.4, 0.5) is 4.79 Å². The number of carbonyl (C=O) groups is 2. The standard InChI is InChI=1S/C14H25NO5/c1-10(8-12(16)17)19-9-11-6-5-7-15(11)13(18)20-14(2,3)4/h10-11H,5-9H2,1-4H3,(H,16,17)/t10?,11-/m0/s1. The molecule has 20 heavy (non-hydrogen) atoms. The molecule has 1 N–H and O–H groups in total. The van der Waals surface area contributed by atoms with Crippen LogP contribution in [0.5, 0.6) is 0 Å². The molecule has 0 aliphatic carbocycles. The van der Waals surface area contributed by atoms with Crippen LogP contribution in [0, 0.1) is 0 Å². The summed E-state index contributed by atoms with van der Waals surface area (Å²) in [5, 5.41) is 8.68. The highest BCUT2D eigenvalue weighted by Crippen LogP contribution is 2.21. The first-order valence-electron chi connectivity index (χ1n) is 7.02. The minimum absolute atomic E-state index is 0.0268. The number of hydrogen-bond acceptors (Lipinski definition) is 4. The van der Waals surface area contributed by atoms with Gasteiger partial charge in [0.25, 0.3) is 0 Å². The van der Waals surface area contributed by atoms with Crippen molar-refractivity contribution in [2.45, 2.75) is 64.7 Å². The smallest absolute Gasteiger partial charge is 0.410 e. The predicted octanol–water partition coefficient (Wildman–Crippen LogP) is 2.27. The molecule has 1 unspecified atom stereocenters. The molecule has 1 aliphatic heterocycles. The Morgan fingerprint density at radius 3 is 2.60 bits per heavy atom. The number of carboxylic acids is 1. The van der Waals surface area contributed by atoms with E-state index in [0.29, 0.717) is 13.2 Å². The van der Waals surface area contributed by atoms with Gasteiger partial charge in [0.05, 0.1) is 25.2 Å². The lowest BCUT2D eigenvalue weighted by atomic mass is 10.2. The number of carbonyl (C=O) groups excluding carboxylic acids is 1. The molecule has 1 fully saturated rings. The second-order valence-electron chi connectivity index (χ2n) is 6.21. The topological polar surface area (TPSA) is 76.1 Å². The third-order valence-corrected chi connectivity index (χ3v) is 3.04. The molecular formula is C14H25NO5. The molecule has 1 aliphatic rings. The summed E-state index contributed by atoms with van der Waals surface area (Å²) in [7, 11) is 0. The number of amides is 1. The molecule has 6 heteroatoms. The van der Waals surface area contributed by atoms with E-state index in [-0.39, 0.29) is 24.7 Å². The molecule has 0 aromatic carbocycles. The van der Waals surface area contributed by atoms with Gasteiger partial charge in [-0.2, -0.15) is 0 Å². The fourth-order valence-electron chi connectivity index (χ4n) is 2.15. The fraction of sp³-hybridized carbons (Fsp3) is 0.857.